The van der Waals surface area contributed by atoms with E-state index in [-0.39, 0.29) is 30.7 Å². The van der Waals surface area contributed by atoms with Gasteiger partial charge in [0.25, 0.3) is 0 Å². The first kappa shape index (κ1) is 13.9. The van der Waals surface area contributed by atoms with Gasteiger partial charge in [0.2, 0.25) is 0 Å². The van der Waals surface area contributed by atoms with E-state index in [4.69, 9.17) is 9.84 Å². The Balaban J connectivity index is 2.42. The molecule has 2 aromatic rings. The SMILES string of the molecule is CCOC(=O)CCn1c(=O)[nH]c2cccc(C(=O)O)c21. The monoisotopic (exact) mass is 278 g/mol. The average molecular weight is 278 g/mol. The minimum Gasteiger partial charge on any atom is -0.478 e. The number of aromatic amines is 1. The zero-order chi connectivity index (χ0) is 14.7. The minimum absolute atomic E-state index is 0.00858. The van der Waals surface area contributed by atoms with Crippen LogP contribution in [0.4, 0.5) is 0 Å². The van der Waals surface area contributed by atoms with Crippen molar-refractivity contribution in [2.24, 2.45) is 0 Å². The number of carboxylic acid groups (broad SMARTS) is 1. The first-order chi connectivity index (χ1) is 9.54. The molecule has 0 aliphatic carbocycles. The van der Waals surface area contributed by atoms with Gasteiger partial charge in [-0.15, -0.1) is 0 Å². The van der Waals surface area contributed by atoms with Crippen LogP contribution in [0.15, 0.2) is 23.0 Å². The van der Waals surface area contributed by atoms with Crippen LogP contribution in [0, 0.1) is 0 Å². The van der Waals surface area contributed by atoms with Crippen LogP contribution in [0.1, 0.15) is 23.7 Å². The van der Waals surface area contributed by atoms with Gasteiger partial charge >= 0.3 is 17.6 Å². The number of rotatable bonds is 5. The van der Waals surface area contributed by atoms with E-state index in [1.165, 1.54) is 10.6 Å². The molecule has 1 aromatic carbocycles. The number of nitrogens with zero attached hydrogens (tertiary/aromatic N) is 1. The van der Waals surface area contributed by atoms with E-state index in [1.54, 1.807) is 19.1 Å². The molecule has 0 aliphatic rings. The first-order valence-corrected chi connectivity index (χ1v) is 6.15. The van der Waals surface area contributed by atoms with Gasteiger partial charge in [0.05, 0.1) is 29.6 Å². The van der Waals surface area contributed by atoms with Crippen molar-refractivity contribution in [3.63, 3.8) is 0 Å². The van der Waals surface area contributed by atoms with Gasteiger partial charge in [0, 0.05) is 6.54 Å². The number of fused-ring (bicyclic) bond motifs is 1. The Kier molecular flexibility index (Phi) is 3.88. The number of imidazole rings is 1. The van der Waals surface area contributed by atoms with Crippen molar-refractivity contribution in [1.29, 1.82) is 0 Å². The average Bonchev–Trinajstić information content (AvgIpc) is 2.72. The van der Waals surface area contributed by atoms with Crippen LogP contribution < -0.4 is 5.69 Å². The number of carbonyl (C=O) groups excluding carboxylic acids is 1. The van der Waals surface area contributed by atoms with Crippen LogP contribution in [0.5, 0.6) is 0 Å². The van der Waals surface area contributed by atoms with Crippen molar-refractivity contribution in [2.75, 3.05) is 6.61 Å². The van der Waals surface area contributed by atoms with Crippen molar-refractivity contribution in [1.82, 2.24) is 9.55 Å². The Labute approximate surface area is 113 Å². The summed E-state index contributed by atoms with van der Waals surface area (Å²) in [4.78, 5) is 37.0. The third-order valence-electron chi connectivity index (χ3n) is 2.87. The Morgan fingerprint density at radius 2 is 2.15 bits per heavy atom. The van der Waals surface area contributed by atoms with E-state index in [0.717, 1.165) is 0 Å². The number of aryl methyl sites for hydroxylation is 1. The van der Waals surface area contributed by atoms with Crippen molar-refractivity contribution in [2.45, 2.75) is 19.9 Å². The summed E-state index contributed by atoms with van der Waals surface area (Å²) in [5, 5.41) is 9.16. The molecule has 7 heteroatoms. The predicted octanol–water partition coefficient (Wildman–Crippen LogP) is 0.981. The zero-order valence-electron chi connectivity index (χ0n) is 10.9. The summed E-state index contributed by atoms with van der Waals surface area (Å²) in [5.74, 6) is -1.55. The molecular formula is C13H14N2O5. The molecule has 0 spiro atoms. The molecule has 0 atom stereocenters. The van der Waals surface area contributed by atoms with Gasteiger partial charge in [-0.1, -0.05) is 6.07 Å². The largest absolute Gasteiger partial charge is 0.478 e. The molecule has 0 amide bonds. The maximum atomic E-state index is 11.8. The number of benzene rings is 1. The fraction of sp³-hybridized carbons (Fsp3) is 0.308. The molecule has 2 rings (SSSR count). The van der Waals surface area contributed by atoms with E-state index in [2.05, 4.69) is 4.98 Å². The molecule has 0 unspecified atom stereocenters. The molecule has 1 heterocycles. The molecule has 0 bridgehead atoms. The number of hydrogen-bond donors (Lipinski definition) is 2. The number of carbonyl (C=O) groups is 2. The normalized spacial score (nSPS) is 10.7. The quantitative estimate of drug-likeness (QED) is 0.794. The highest BCUT2D eigenvalue weighted by atomic mass is 16.5. The van der Waals surface area contributed by atoms with Crippen molar-refractivity contribution < 1.29 is 19.4 Å². The number of H-pyrrole nitrogens is 1. The Hall–Kier alpha value is -2.57. The molecular weight excluding hydrogens is 264 g/mol. The maximum Gasteiger partial charge on any atom is 0.337 e. The van der Waals surface area contributed by atoms with E-state index < -0.39 is 17.6 Å². The highest BCUT2D eigenvalue weighted by molar-refractivity contribution is 6.01. The number of nitrogens with one attached hydrogen (secondary N) is 1. The van der Waals surface area contributed by atoms with Crippen molar-refractivity contribution >= 4 is 23.0 Å². The highest BCUT2D eigenvalue weighted by Gasteiger charge is 2.16. The number of hydrogen-bond acceptors (Lipinski definition) is 4. The van der Waals surface area contributed by atoms with Gasteiger partial charge in [0.1, 0.15) is 0 Å². The second-order valence-corrected chi connectivity index (χ2v) is 4.14. The third-order valence-corrected chi connectivity index (χ3v) is 2.87. The third kappa shape index (κ3) is 2.56. The Morgan fingerprint density at radius 1 is 1.40 bits per heavy atom. The first-order valence-electron chi connectivity index (χ1n) is 6.15. The van der Waals surface area contributed by atoms with Crippen LogP contribution >= 0.6 is 0 Å². The lowest BCUT2D eigenvalue weighted by molar-refractivity contribution is -0.143. The van der Waals surface area contributed by atoms with Crippen LogP contribution in [-0.4, -0.2) is 33.2 Å². The molecule has 0 aliphatic heterocycles. The second-order valence-electron chi connectivity index (χ2n) is 4.14. The molecule has 106 valence electrons. The van der Waals surface area contributed by atoms with Gasteiger partial charge in [-0.2, -0.15) is 0 Å². The minimum atomic E-state index is -1.13. The number of para-hydroxylation sites is 1. The Bertz CT molecular complexity index is 713. The summed E-state index contributed by atoms with van der Waals surface area (Å²) in [6, 6.07) is 4.58. The van der Waals surface area contributed by atoms with Crippen LogP contribution in [0.3, 0.4) is 0 Å². The molecule has 2 N–H and O–H groups in total. The summed E-state index contributed by atoms with van der Waals surface area (Å²) in [6.45, 7) is 2.03. The summed E-state index contributed by atoms with van der Waals surface area (Å²) in [7, 11) is 0. The number of ether oxygens (including phenoxy) is 1. The molecule has 7 nitrogen and oxygen atoms in total. The molecule has 0 saturated heterocycles. The standard InChI is InChI=1S/C13H14N2O5/c1-2-20-10(16)6-7-15-11-8(12(17)18)4-3-5-9(11)14-13(15)19/h3-5H,2,6-7H2,1H3,(H,14,19)(H,17,18). The van der Waals surface area contributed by atoms with E-state index in [9.17, 15) is 14.4 Å². The highest BCUT2D eigenvalue weighted by Crippen LogP contribution is 2.16. The van der Waals surface area contributed by atoms with E-state index in [0.29, 0.717) is 5.52 Å². The fourth-order valence-corrected chi connectivity index (χ4v) is 2.04. The van der Waals surface area contributed by atoms with Gasteiger partial charge in [-0.05, 0) is 19.1 Å². The van der Waals surface area contributed by atoms with Crippen LogP contribution in [-0.2, 0) is 16.1 Å². The molecule has 0 saturated carbocycles. The van der Waals surface area contributed by atoms with Gasteiger partial charge in [-0.3, -0.25) is 9.36 Å². The molecule has 0 fully saturated rings. The van der Waals surface area contributed by atoms with Crippen LogP contribution in [0.25, 0.3) is 11.0 Å². The zero-order valence-corrected chi connectivity index (χ0v) is 10.9. The summed E-state index contributed by atoms with van der Waals surface area (Å²) >= 11 is 0. The van der Waals surface area contributed by atoms with Crippen LogP contribution in [0.2, 0.25) is 0 Å². The van der Waals surface area contributed by atoms with Gasteiger partial charge < -0.3 is 14.8 Å². The topological polar surface area (TPSA) is 101 Å². The second kappa shape index (κ2) is 5.60. The van der Waals surface area contributed by atoms with Gasteiger partial charge in [0.15, 0.2) is 0 Å². The number of aromatic carboxylic acids is 1. The van der Waals surface area contributed by atoms with Gasteiger partial charge in [-0.25, -0.2) is 9.59 Å². The lowest BCUT2D eigenvalue weighted by Crippen LogP contribution is -2.20. The molecule has 20 heavy (non-hydrogen) atoms. The summed E-state index contributed by atoms with van der Waals surface area (Å²) < 4.78 is 6.03. The molecule has 0 radical (unpaired) electrons. The van der Waals surface area contributed by atoms with E-state index in [1.807, 2.05) is 0 Å². The molecule has 1 aromatic heterocycles. The fourth-order valence-electron chi connectivity index (χ4n) is 2.04. The lowest BCUT2D eigenvalue weighted by Gasteiger charge is -2.05. The summed E-state index contributed by atoms with van der Waals surface area (Å²) in [5.41, 5.74) is 0.288. The summed E-state index contributed by atoms with van der Waals surface area (Å²) in [6.07, 6.45) is 0.00858. The van der Waals surface area contributed by atoms with Crippen molar-refractivity contribution in [3.05, 3.63) is 34.2 Å². The number of esters is 1. The smallest absolute Gasteiger partial charge is 0.337 e. The number of aromatic nitrogens is 2. The van der Waals surface area contributed by atoms with Crippen molar-refractivity contribution in [3.8, 4) is 0 Å². The lowest BCUT2D eigenvalue weighted by atomic mass is 10.2. The van der Waals surface area contributed by atoms with E-state index >= 15 is 0 Å². The number of carboxylic acids is 1. The maximum absolute atomic E-state index is 11.8. The predicted molar refractivity (Wildman–Crippen MR) is 70.8 cm³/mol. The Morgan fingerprint density at radius 3 is 2.80 bits per heavy atom.